The third-order valence-corrected chi connectivity index (χ3v) is 2.95. The van der Waals surface area contributed by atoms with E-state index >= 15 is 0 Å². The molecule has 0 aliphatic heterocycles. The molecule has 0 saturated heterocycles. The van der Waals surface area contributed by atoms with Gasteiger partial charge in [-0.15, -0.1) is 0 Å². The number of nitrogens with one attached hydrogen (secondary N) is 1. The van der Waals surface area contributed by atoms with E-state index in [4.69, 9.17) is 4.74 Å². The first-order chi connectivity index (χ1) is 9.33. The first-order valence-electron chi connectivity index (χ1n) is 6.62. The Labute approximate surface area is 114 Å². The highest BCUT2D eigenvalue weighted by Gasteiger charge is 2.01. The van der Waals surface area contributed by atoms with Crippen LogP contribution in [0.4, 0.5) is 0 Å². The molecule has 2 rings (SSSR count). The first-order valence-corrected chi connectivity index (χ1v) is 6.62. The van der Waals surface area contributed by atoms with Crippen molar-refractivity contribution in [2.75, 3.05) is 13.7 Å². The van der Waals surface area contributed by atoms with Gasteiger partial charge in [0, 0.05) is 24.5 Å². The van der Waals surface area contributed by atoms with Gasteiger partial charge in [-0.1, -0.05) is 19.1 Å². The minimum Gasteiger partial charge on any atom is -0.497 e. The Bertz CT molecular complexity index is 526. The lowest BCUT2D eigenvalue weighted by molar-refractivity contribution is 0.415. The summed E-state index contributed by atoms with van der Waals surface area (Å²) in [6.07, 6.45) is 4.94. The average molecular weight is 256 g/mol. The molecular formula is C16H20N2O. The van der Waals surface area contributed by atoms with Crippen LogP contribution in [-0.4, -0.2) is 18.6 Å². The van der Waals surface area contributed by atoms with E-state index in [1.165, 1.54) is 5.56 Å². The maximum atomic E-state index is 5.25. The molecule has 0 aliphatic rings. The van der Waals surface area contributed by atoms with E-state index in [1.54, 1.807) is 7.11 Å². The van der Waals surface area contributed by atoms with Crippen LogP contribution in [-0.2, 0) is 6.54 Å². The van der Waals surface area contributed by atoms with Crippen molar-refractivity contribution in [1.29, 1.82) is 0 Å². The number of methoxy groups -OCH3 is 1. The molecule has 1 aromatic carbocycles. The van der Waals surface area contributed by atoms with Gasteiger partial charge in [-0.2, -0.15) is 0 Å². The molecule has 1 N–H and O–H groups in total. The van der Waals surface area contributed by atoms with Gasteiger partial charge in [-0.05, 0) is 42.3 Å². The maximum absolute atomic E-state index is 5.25. The Morgan fingerprint density at radius 1 is 1.16 bits per heavy atom. The second-order valence-corrected chi connectivity index (χ2v) is 4.49. The normalized spacial score (nSPS) is 10.4. The number of nitrogens with zero attached hydrogens (tertiary/aromatic N) is 1. The molecular weight excluding hydrogens is 236 g/mol. The topological polar surface area (TPSA) is 34.2 Å². The van der Waals surface area contributed by atoms with Crippen LogP contribution in [0.1, 0.15) is 18.9 Å². The SMILES string of the molecule is CCCNCc1cncc(-c2cccc(OC)c2)c1. The van der Waals surface area contributed by atoms with Crippen molar-refractivity contribution in [3.8, 4) is 16.9 Å². The number of ether oxygens (including phenoxy) is 1. The van der Waals surface area contributed by atoms with Gasteiger partial charge < -0.3 is 10.1 Å². The van der Waals surface area contributed by atoms with E-state index in [0.29, 0.717) is 0 Å². The molecule has 1 aromatic heterocycles. The second kappa shape index (κ2) is 6.90. The van der Waals surface area contributed by atoms with Crippen LogP contribution in [0.3, 0.4) is 0 Å². The highest BCUT2D eigenvalue weighted by molar-refractivity contribution is 5.64. The highest BCUT2D eigenvalue weighted by atomic mass is 16.5. The number of hydrogen-bond donors (Lipinski definition) is 1. The molecule has 3 heteroatoms. The zero-order chi connectivity index (χ0) is 13.5. The molecule has 0 aliphatic carbocycles. The van der Waals surface area contributed by atoms with E-state index in [1.807, 2.05) is 30.6 Å². The largest absolute Gasteiger partial charge is 0.497 e. The second-order valence-electron chi connectivity index (χ2n) is 4.49. The quantitative estimate of drug-likeness (QED) is 0.806. The fourth-order valence-corrected chi connectivity index (χ4v) is 1.95. The van der Waals surface area contributed by atoms with E-state index in [9.17, 15) is 0 Å². The molecule has 0 spiro atoms. The molecule has 0 bridgehead atoms. The van der Waals surface area contributed by atoms with Crippen LogP contribution < -0.4 is 10.1 Å². The van der Waals surface area contributed by atoms with Crippen molar-refractivity contribution in [3.63, 3.8) is 0 Å². The van der Waals surface area contributed by atoms with Gasteiger partial charge in [0.1, 0.15) is 5.75 Å². The Hall–Kier alpha value is -1.87. The van der Waals surface area contributed by atoms with E-state index in [0.717, 1.165) is 36.4 Å². The lowest BCUT2D eigenvalue weighted by atomic mass is 10.1. The number of aromatic nitrogens is 1. The molecule has 2 aromatic rings. The average Bonchev–Trinajstić information content (AvgIpc) is 2.48. The third-order valence-electron chi connectivity index (χ3n) is 2.95. The third kappa shape index (κ3) is 3.80. The summed E-state index contributed by atoms with van der Waals surface area (Å²) in [4.78, 5) is 4.31. The van der Waals surface area contributed by atoms with Crippen LogP contribution in [0, 0.1) is 0 Å². The Morgan fingerprint density at radius 2 is 2.05 bits per heavy atom. The predicted octanol–water partition coefficient (Wildman–Crippen LogP) is 3.26. The van der Waals surface area contributed by atoms with Crippen LogP contribution in [0.15, 0.2) is 42.7 Å². The lowest BCUT2D eigenvalue weighted by Gasteiger charge is -2.07. The van der Waals surface area contributed by atoms with Crippen molar-refractivity contribution in [1.82, 2.24) is 10.3 Å². The van der Waals surface area contributed by atoms with Crippen LogP contribution in [0.5, 0.6) is 5.75 Å². The summed E-state index contributed by atoms with van der Waals surface area (Å²) >= 11 is 0. The van der Waals surface area contributed by atoms with Gasteiger partial charge in [0.05, 0.1) is 7.11 Å². The van der Waals surface area contributed by atoms with Gasteiger partial charge in [0.2, 0.25) is 0 Å². The molecule has 100 valence electrons. The first kappa shape index (κ1) is 13.6. The molecule has 0 radical (unpaired) electrons. The number of benzene rings is 1. The fraction of sp³-hybridized carbons (Fsp3) is 0.312. The molecule has 0 amide bonds. The smallest absolute Gasteiger partial charge is 0.119 e. The van der Waals surface area contributed by atoms with E-state index < -0.39 is 0 Å². The van der Waals surface area contributed by atoms with E-state index in [2.05, 4.69) is 29.4 Å². The van der Waals surface area contributed by atoms with Crippen molar-refractivity contribution >= 4 is 0 Å². The lowest BCUT2D eigenvalue weighted by Crippen LogP contribution is -2.13. The maximum Gasteiger partial charge on any atom is 0.119 e. The summed E-state index contributed by atoms with van der Waals surface area (Å²) in [7, 11) is 1.68. The van der Waals surface area contributed by atoms with Crippen LogP contribution in [0.25, 0.3) is 11.1 Å². The van der Waals surface area contributed by atoms with Crippen molar-refractivity contribution in [2.24, 2.45) is 0 Å². The summed E-state index contributed by atoms with van der Waals surface area (Å²) in [5.74, 6) is 0.868. The van der Waals surface area contributed by atoms with Gasteiger partial charge in [0.15, 0.2) is 0 Å². The van der Waals surface area contributed by atoms with Gasteiger partial charge >= 0.3 is 0 Å². The molecule has 0 unspecified atom stereocenters. The number of hydrogen-bond acceptors (Lipinski definition) is 3. The summed E-state index contributed by atoms with van der Waals surface area (Å²) in [5.41, 5.74) is 3.45. The minimum atomic E-state index is 0.860. The van der Waals surface area contributed by atoms with Crippen molar-refractivity contribution < 1.29 is 4.74 Å². The summed E-state index contributed by atoms with van der Waals surface area (Å²) in [6, 6.07) is 10.2. The summed E-state index contributed by atoms with van der Waals surface area (Å²) < 4.78 is 5.25. The van der Waals surface area contributed by atoms with Crippen molar-refractivity contribution in [3.05, 3.63) is 48.3 Å². The molecule has 0 atom stereocenters. The Kier molecular flexibility index (Phi) is 4.93. The zero-order valence-electron chi connectivity index (χ0n) is 11.5. The summed E-state index contributed by atoms with van der Waals surface area (Å²) in [6.45, 7) is 4.06. The van der Waals surface area contributed by atoms with Gasteiger partial charge in [-0.25, -0.2) is 0 Å². The van der Waals surface area contributed by atoms with Gasteiger partial charge in [-0.3, -0.25) is 4.98 Å². The number of pyridine rings is 1. The van der Waals surface area contributed by atoms with Crippen molar-refractivity contribution in [2.45, 2.75) is 19.9 Å². The highest BCUT2D eigenvalue weighted by Crippen LogP contribution is 2.23. The number of rotatable bonds is 6. The Balaban J connectivity index is 2.17. The molecule has 19 heavy (non-hydrogen) atoms. The summed E-state index contributed by atoms with van der Waals surface area (Å²) in [5, 5.41) is 3.39. The Morgan fingerprint density at radius 3 is 2.84 bits per heavy atom. The molecule has 0 saturated carbocycles. The minimum absolute atomic E-state index is 0.860. The molecule has 0 fully saturated rings. The molecule has 3 nitrogen and oxygen atoms in total. The van der Waals surface area contributed by atoms with E-state index in [-0.39, 0.29) is 0 Å². The molecule has 1 heterocycles. The predicted molar refractivity (Wildman–Crippen MR) is 78.2 cm³/mol. The fourth-order valence-electron chi connectivity index (χ4n) is 1.95. The van der Waals surface area contributed by atoms with Crippen LogP contribution in [0.2, 0.25) is 0 Å². The van der Waals surface area contributed by atoms with Gasteiger partial charge in [0.25, 0.3) is 0 Å². The standard InChI is InChI=1S/C16H20N2O/c1-3-7-17-10-13-8-15(12-18-11-13)14-5-4-6-16(9-14)19-2/h4-6,8-9,11-12,17H,3,7,10H2,1-2H3. The van der Waals surface area contributed by atoms with Crippen LogP contribution >= 0.6 is 0 Å². The zero-order valence-corrected chi connectivity index (χ0v) is 11.5. The monoisotopic (exact) mass is 256 g/mol.